The first-order chi connectivity index (χ1) is 7.27. The third kappa shape index (κ3) is 3.70. The number of unbranched alkanes of at least 4 members (excludes halogenated alkanes) is 2. The summed E-state index contributed by atoms with van der Waals surface area (Å²) in [7, 11) is 1.62. The Morgan fingerprint density at radius 1 is 1.40 bits per heavy atom. The van der Waals surface area contributed by atoms with E-state index >= 15 is 0 Å². The van der Waals surface area contributed by atoms with Gasteiger partial charge in [0.2, 0.25) is 5.88 Å². The summed E-state index contributed by atoms with van der Waals surface area (Å²) < 4.78 is 5.07. The highest BCUT2D eigenvalue weighted by Gasteiger charge is 2.02. The number of nitrogens with zero attached hydrogens (tertiary/aromatic N) is 1. The highest BCUT2D eigenvalue weighted by molar-refractivity contribution is 5.48. The van der Waals surface area contributed by atoms with E-state index in [0.29, 0.717) is 12.3 Å². The Hall–Kier alpha value is -1.38. The number of carbonyl (C=O) groups excluding carboxylic acids is 1. The van der Waals surface area contributed by atoms with Crippen molar-refractivity contribution in [1.82, 2.24) is 4.98 Å². The van der Waals surface area contributed by atoms with Crippen LogP contribution >= 0.6 is 0 Å². The number of carbonyl (C=O) groups is 1. The Labute approximate surface area is 90.5 Å². The Bertz CT molecular complexity index is 323. The van der Waals surface area contributed by atoms with E-state index in [1.807, 2.05) is 19.1 Å². The molecule has 0 saturated carbocycles. The van der Waals surface area contributed by atoms with Crippen LogP contribution in [0.2, 0.25) is 0 Å². The van der Waals surface area contributed by atoms with Gasteiger partial charge in [0, 0.05) is 18.2 Å². The lowest BCUT2D eigenvalue weighted by Crippen LogP contribution is -1.97. The summed E-state index contributed by atoms with van der Waals surface area (Å²) in [6.07, 6.45) is 4.45. The summed E-state index contributed by atoms with van der Waals surface area (Å²) in [6.45, 7) is 2.04. The second kappa shape index (κ2) is 6.17. The van der Waals surface area contributed by atoms with Gasteiger partial charge in [-0.1, -0.05) is 6.07 Å². The average molecular weight is 207 g/mol. The molecule has 0 atom stereocenters. The van der Waals surface area contributed by atoms with Crippen molar-refractivity contribution >= 4 is 6.29 Å². The SMILES string of the molecule is COc1ccc(C)c(CCCCC=O)n1. The van der Waals surface area contributed by atoms with Gasteiger partial charge < -0.3 is 9.53 Å². The first kappa shape index (κ1) is 11.7. The Kier molecular flexibility index (Phi) is 4.81. The summed E-state index contributed by atoms with van der Waals surface area (Å²) in [5, 5.41) is 0. The molecule has 1 aromatic heterocycles. The van der Waals surface area contributed by atoms with Crippen LogP contribution in [-0.2, 0) is 11.2 Å². The van der Waals surface area contributed by atoms with Crippen molar-refractivity contribution in [3.63, 3.8) is 0 Å². The molecule has 3 heteroatoms. The minimum Gasteiger partial charge on any atom is -0.481 e. The molecule has 0 aromatic carbocycles. The van der Waals surface area contributed by atoms with Gasteiger partial charge in [0.15, 0.2) is 0 Å². The van der Waals surface area contributed by atoms with Gasteiger partial charge in [-0.2, -0.15) is 0 Å². The minimum atomic E-state index is 0.642. The number of pyridine rings is 1. The molecule has 0 fully saturated rings. The number of aldehydes is 1. The Balaban J connectivity index is 2.54. The third-order valence-electron chi connectivity index (χ3n) is 2.37. The fraction of sp³-hybridized carbons (Fsp3) is 0.500. The lowest BCUT2D eigenvalue weighted by Gasteiger charge is -2.06. The number of ether oxygens (including phenoxy) is 1. The van der Waals surface area contributed by atoms with Crippen LogP contribution in [0, 0.1) is 6.92 Å². The van der Waals surface area contributed by atoms with Crippen LogP contribution in [-0.4, -0.2) is 18.4 Å². The summed E-state index contributed by atoms with van der Waals surface area (Å²) in [4.78, 5) is 14.5. The van der Waals surface area contributed by atoms with Crippen molar-refractivity contribution in [2.24, 2.45) is 0 Å². The van der Waals surface area contributed by atoms with Gasteiger partial charge in [-0.3, -0.25) is 0 Å². The van der Waals surface area contributed by atoms with E-state index in [4.69, 9.17) is 4.74 Å². The van der Waals surface area contributed by atoms with E-state index in [2.05, 4.69) is 4.98 Å². The molecule has 15 heavy (non-hydrogen) atoms. The van der Waals surface area contributed by atoms with Gasteiger partial charge in [0.25, 0.3) is 0 Å². The summed E-state index contributed by atoms with van der Waals surface area (Å²) in [5.41, 5.74) is 2.25. The van der Waals surface area contributed by atoms with Gasteiger partial charge in [0.1, 0.15) is 6.29 Å². The smallest absolute Gasteiger partial charge is 0.213 e. The monoisotopic (exact) mass is 207 g/mol. The zero-order valence-corrected chi connectivity index (χ0v) is 9.32. The molecule has 0 amide bonds. The lowest BCUT2D eigenvalue weighted by molar-refractivity contribution is -0.107. The van der Waals surface area contributed by atoms with Crippen molar-refractivity contribution in [2.75, 3.05) is 7.11 Å². The van der Waals surface area contributed by atoms with E-state index in [-0.39, 0.29) is 0 Å². The van der Waals surface area contributed by atoms with Crippen LogP contribution < -0.4 is 4.74 Å². The fourth-order valence-electron chi connectivity index (χ4n) is 1.44. The van der Waals surface area contributed by atoms with Crippen LogP contribution in [0.1, 0.15) is 30.5 Å². The molecule has 0 N–H and O–H groups in total. The molecule has 0 saturated heterocycles. The molecule has 0 aliphatic rings. The van der Waals surface area contributed by atoms with Crippen LogP contribution in [0.3, 0.4) is 0 Å². The molecule has 0 aliphatic carbocycles. The molecule has 0 aliphatic heterocycles. The van der Waals surface area contributed by atoms with Crippen molar-refractivity contribution < 1.29 is 9.53 Å². The molecule has 3 nitrogen and oxygen atoms in total. The van der Waals surface area contributed by atoms with Gasteiger partial charge in [0.05, 0.1) is 7.11 Å². The van der Waals surface area contributed by atoms with Gasteiger partial charge in [-0.05, 0) is 31.7 Å². The van der Waals surface area contributed by atoms with Gasteiger partial charge in [-0.25, -0.2) is 4.98 Å². The summed E-state index contributed by atoms with van der Waals surface area (Å²) in [5.74, 6) is 0.658. The molecule has 1 rings (SSSR count). The molecule has 1 heterocycles. The summed E-state index contributed by atoms with van der Waals surface area (Å²) >= 11 is 0. The molecular formula is C12H17NO2. The molecule has 82 valence electrons. The van der Waals surface area contributed by atoms with Gasteiger partial charge >= 0.3 is 0 Å². The Morgan fingerprint density at radius 3 is 2.87 bits per heavy atom. The minimum absolute atomic E-state index is 0.642. The average Bonchev–Trinajstić information content (AvgIpc) is 2.26. The first-order valence-corrected chi connectivity index (χ1v) is 5.22. The van der Waals surface area contributed by atoms with E-state index < -0.39 is 0 Å². The lowest BCUT2D eigenvalue weighted by atomic mass is 10.1. The molecule has 1 aromatic rings. The second-order valence-electron chi connectivity index (χ2n) is 3.53. The van der Waals surface area contributed by atoms with Crippen molar-refractivity contribution in [3.8, 4) is 5.88 Å². The standard InChI is InChI=1S/C12H17NO2/c1-10-7-8-12(15-2)13-11(10)6-4-3-5-9-14/h7-9H,3-6H2,1-2H3. The quantitative estimate of drug-likeness (QED) is 0.530. The number of rotatable bonds is 6. The third-order valence-corrected chi connectivity index (χ3v) is 2.37. The Morgan fingerprint density at radius 2 is 2.20 bits per heavy atom. The fourth-order valence-corrected chi connectivity index (χ4v) is 1.44. The maximum atomic E-state index is 10.1. The highest BCUT2D eigenvalue weighted by atomic mass is 16.5. The van der Waals surface area contributed by atoms with E-state index in [0.717, 1.165) is 31.2 Å². The molecule has 0 bridgehead atoms. The van der Waals surface area contributed by atoms with Crippen LogP contribution in [0.25, 0.3) is 0 Å². The van der Waals surface area contributed by atoms with E-state index in [1.165, 1.54) is 5.56 Å². The number of methoxy groups -OCH3 is 1. The molecule has 0 radical (unpaired) electrons. The van der Waals surface area contributed by atoms with Gasteiger partial charge in [-0.15, -0.1) is 0 Å². The zero-order valence-electron chi connectivity index (χ0n) is 9.32. The molecule has 0 spiro atoms. The topological polar surface area (TPSA) is 39.2 Å². The normalized spacial score (nSPS) is 10.0. The van der Waals surface area contributed by atoms with Crippen LogP contribution in [0.15, 0.2) is 12.1 Å². The zero-order chi connectivity index (χ0) is 11.1. The highest BCUT2D eigenvalue weighted by Crippen LogP contribution is 2.14. The maximum Gasteiger partial charge on any atom is 0.213 e. The molecule has 0 unspecified atom stereocenters. The van der Waals surface area contributed by atoms with Crippen molar-refractivity contribution in [1.29, 1.82) is 0 Å². The number of aromatic nitrogens is 1. The first-order valence-electron chi connectivity index (χ1n) is 5.22. The number of hydrogen-bond acceptors (Lipinski definition) is 3. The largest absolute Gasteiger partial charge is 0.481 e. The number of hydrogen-bond donors (Lipinski definition) is 0. The van der Waals surface area contributed by atoms with Crippen LogP contribution in [0.4, 0.5) is 0 Å². The van der Waals surface area contributed by atoms with Crippen molar-refractivity contribution in [2.45, 2.75) is 32.6 Å². The van der Waals surface area contributed by atoms with E-state index in [9.17, 15) is 4.79 Å². The van der Waals surface area contributed by atoms with Crippen LogP contribution in [0.5, 0.6) is 5.88 Å². The maximum absolute atomic E-state index is 10.1. The van der Waals surface area contributed by atoms with E-state index in [1.54, 1.807) is 7.11 Å². The molecular weight excluding hydrogens is 190 g/mol. The predicted octanol–water partition coefficient (Wildman–Crippen LogP) is 2.31. The number of aryl methyl sites for hydroxylation is 2. The predicted molar refractivity (Wildman–Crippen MR) is 59.1 cm³/mol. The second-order valence-corrected chi connectivity index (χ2v) is 3.53. The summed E-state index contributed by atoms with van der Waals surface area (Å²) in [6, 6.07) is 3.88. The van der Waals surface area contributed by atoms with Crippen molar-refractivity contribution in [3.05, 3.63) is 23.4 Å².